The fourth-order valence-corrected chi connectivity index (χ4v) is 2.86. The number of hydrogen-bond acceptors (Lipinski definition) is 4. The van der Waals surface area contributed by atoms with E-state index < -0.39 is 10.1 Å². The van der Waals surface area contributed by atoms with Crippen molar-refractivity contribution < 1.29 is 17.4 Å². The van der Waals surface area contributed by atoms with E-state index >= 15 is 0 Å². The lowest BCUT2D eigenvalue weighted by Crippen LogP contribution is -2.36. The average Bonchev–Trinajstić information content (AvgIpc) is 2.52. The highest BCUT2D eigenvalue weighted by molar-refractivity contribution is 7.86. The van der Waals surface area contributed by atoms with Crippen LogP contribution in [0.15, 0.2) is 48.5 Å². The van der Waals surface area contributed by atoms with Crippen LogP contribution >= 0.6 is 11.6 Å². The van der Waals surface area contributed by atoms with Gasteiger partial charge >= 0.3 is 10.1 Å². The Morgan fingerprint density at radius 1 is 1.08 bits per heavy atom. The Kier molecular flexibility index (Phi) is 6.08. The second kappa shape index (κ2) is 7.89. The summed E-state index contributed by atoms with van der Waals surface area (Å²) in [6, 6.07) is 13.4. The fraction of sp³-hybridized carbons (Fsp3) is 0.278. The van der Waals surface area contributed by atoms with Crippen molar-refractivity contribution in [2.75, 3.05) is 6.26 Å². The molecule has 0 heterocycles. The molecular weight excluding hydrogens is 362 g/mol. The van der Waals surface area contributed by atoms with E-state index in [-0.39, 0.29) is 17.7 Å². The van der Waals surface area contributed by atoms with Crippen molar-refractivity contribution in [3.63, 3.8) is 0 Å². The highest BCUT2D eigenvalue weighted by Gasteiger charge is 2.19. The Morgan fingerprint density at radius 2 is 1.64 bits per heavy atom. The maximum atomic E-state index is 12.7. The Hall–Kier alpha value is -2.05. The molecular formula is C18H20ClNO4S. The minimum Gasteiger partial charge on any atom is -0.383 e. The number of nitrogens with zero attached hydrogens (tertiary/aromatic N) is 1. The third kappa shape index (κ3) is 5.76. The minimum atomic E-state index is -3.55. The molecule has 0 saturated carbocycles. The molecule has 0 aromatic heterocycles. The molecule has 0 aliphatic carbocycles. The maximum Gasteiger partial charge on any atom is 0.306 e. The largest absolute Gasteiger partial charge is 0.383 e. The third-order valence-electron chi connectivity index (χ3n) is 3.50. The van der Waals surface area contributed by atoms with Crippen LogP contribution in [0.4, 0.5) is 0 Å². The van der Waals surface area contributed by atoms with Gasteiger partial charge in [-0.15, -0.1) is 0 Å². The first-order valence-corrected chi connectivity index (χ1v) is 9.90. The van der Waals surface area contributed by atoms with Crippen LogP contribution < -0.4 is 4.18 Å². The summed E-state index contributed by atoms with van der Waals surface area (Å²) in [5.74, 6) is 0.148. The van der Waals surface area contributed by atoms with Gasteiger partial charge in [-0.25, -0.2) is 0 Å². The molecule has 7 heteroatoms. The van der Waals surface area contributed by atoms with Crippen LogP contribution in [0.2, 0.25) is 5.02 Å². The molecule has 0 spiro atoms. The van der Waals surface area contributed by atoms with Gasteiger partial charge < -0.3 is 9.08 Å². The van der Waals surface area contributed by atoms with Gasteiger partial charge in [0.05, 0.1) is 6.26 Å². The summed E-state index contributed by atoms with van der Waals surface area (Å²) in [6.45, 7) is 4.28. The first-order chi connectivity index (χ1) is 11.7. The van der Waals surface area contributed by atoms with Gasteiger partial charge in [-0.1, -0.05) is 23.7 Å². The molecule has 0 atom stereocenters. The highest BCUT2D eigenvalue weighted by Crippen LogP contribution is 2.18. The van der Waals surface area contributed by atoms with Crippen molar-refractivity contribution in [1.29, 1.82) is 0 Å². The van der Waals surface area contributed by atoms with Gasteiger partial charge in [-0.05, 0) is 55.8 Å². The van der Waals surface area contributed by atoms with Crippen LogP contribution in [-0.2, 0) is 16.7 Å². The first-order valence-electron chi connectivity index (χ1n) is 7.70. The van der Waals surface area contributed by atoms with Gasteiger partial charge in [-0.2, -0.15) is 8.42 Å². The monoisotopic (exact) mass is 381 g/mol. The standard InChI is InChI=1S/C18H20ClNO4S/c1-13(2)20(18(21)15-6-8-16(19)9-7-15)12-14-4-10-17(11-5-14)24-25(3,22)23/h4-11,13H,12H2,1-3H3. The van der Waals surface area contributed by atoms with Crippen molar-refractivity contribution in [3.05, 3.63) is 64.7 Å². The lowest BCUT2D eigenvalue weighted by Gasteiger charge is -2.27. The zero-order valence-electron chi connectivity index (χ0n) is 14.3. The molecule has 1 amide bonds. The number of hydrogen-bond donors (Lipinski definition) is 0. The molecule has 0 radical (unpaired) electrons. The Balaban J connectivity index is 2.16. The normalized spacial score (nSPS) is 11.4. The van der Waals surface area contributed by atoms with Crippen LogP contribution in [0.5, 0.6) is 5.75 Å². The van der Waals surface area contributed by atoms with E-state index in [1.807, 2.05) is 13.8 Å². The molecule has 0 bridgehead atoms. The summed E-state index contributed by atoms with van der Waals surface area (Å²) in [4.78, 5) is 14.5. The summed E-state index contributed by atoms with van der Waals surface area (Å²) in [7, 11) is -3.55. The zero-order valence-corrected chi connectivity index (χ0v) is 15.8. The van der Waals surface area contributed by atoms with Crippen molar-refractivity contribution in [2.45, 2.75) is 26.4 Å². The lowest BCUT2D eigenvalue weighted by atomic mass is 10.1. The average molecular weight is 382 g/mol. The fourth-order valence-electron chi connectivity index (χ4n) is 2.27. The molecule has 2 aromatic carbocycles. The molecule has 0 saturated heterocycles. The first kappa shape index (κ1) is 19.3. The maximum absolute atomic E-state index is 12.7. The summed E-state index contributed by atoms with van der Waals surface area (Å²) >= 11 is 5.87. The van der Waals surface area contributed by atoms with Gasteiger partial charge in [-0.3, -0.25) is 4.79 Å². The van der Waals surface area contributed by atoms with Crippen molar-refractivity contribution in [2.24, 2.45) is 0 Å². The number of rotatable bonds is 6. The molecule has 25 heavy (non-hydrogen) atoms. The van der Waals surface area contributed by atoms with Gasteiger partial charge in [0.2, 0.25) is 0 Å². The predicted octanol–water partition coefficient (Wildman–Crippen LogP) is 3.73. The number of amides is 1. The van der Waals surface area contributed by atoms with Crippen LogP contribution in [0.25, 0.3) is 0 Å². The molecule has 5 nitrogen and oxygen atoms in total. The SMILES string of the molecule is CC(C)N(Cc1ccc(OS(C)(=O)=O)cc1)C(=O)c1ccc(Cl)cc1. The number of carbonyl (C=O) groups excluding carboxylic acids is 1. The Labute approximate surface area is 153 Å². The van der Waals surface area contributed by atoms with Crippen LogP contribution in [0.1, 0.15) is 29.8 Å². The van der Waals surface area contributed by atoms with E-state index in [4.69, 9.17) is 15.8 Å². The van der Waals surface area contributed by atoms with Gasteiger partial charge in [0.15, 0.2) is 0 Å². The number of benzene rings is 2. The molecule has 0 N–H and O–H groups in total. The highest BCUT2D eigenvalue weighted by atomic mass is 35.5. The summed E-state index contributed by atoms with van der Waals surface area (Å²) in [6.07, 6.45) is 0.992. The van der Waals surface area contributed by atoms with Gasteiger partial charge in [0.1, 0.15) is 5.75 Å². The smallest absolute Gasteiger partial charge is 0.306 e. The minimum absolute atomic E-state index is 0.00451. The van der Waals surface area contributed by atoms with Crippen LogP contribution in [-0.4, -0.2) is 31.5 Å². The zero-order chi connectivity index (χ0) is 18.6. The molecule has 0 aliphatic rings. The second-order valence-corrected chi connectivity index (χ2v) is 7.98. The van der Waals surface area contributed by atoms with Crippen molar-refractivity contribution in [3.8, 4) is 5.75 Å². The Bertz CT molecular complexity index is 830. The van der Waals surface area contributed by atoms with E-state index in [1.165, 1.54) is 0 Å². The number of carbonyl (C=O) groups is 1. The molecule has 0 aliphatic heterocycles. The van der Waals surface area contributed by atoms with Crippen molar-refractivity contribution >= 4 is 27.6 Å². The van der Waals surface area contributed by atoms with Gasteiger partial charge in [0.25, 0.3) is 5.91 Å². The summed E-state index contributed by atoms with van der Waals surface area (Å²) in [5, 5.41) is 0.578. The van der Waals surface area contributed by atoms with E-state index in [9.17, 15) is 13.2 Å². The summed E-state index contributed by atoms with van der Waals surface area (Å²) in [5.41, 5.74) is 1.44. The van der Waals surface area contributed by atoms with Crippen molar-refractivity contribution in [1.82, 2.24) is 4.90 Å². The molecule has 0 fully saturated rings. The third-order valence-corrected chi connectivity index (χ3v) is 4.25. The summed E-state index contributed by atoms with van der Waals surface area (Å²) < 4.78 is 27.1. The Morgan fingerprint density at radius 3 is 2.12 bits per heavy atom. The van der Waals surface area contributed by atoms with E-state index in [1.54, 1.807) is 53.4 Å². The van der Waals surface area contributed by atoms with Crippen LogP contribution in [0.3, 0.4) is 0 Å². The molecule has 134 valence electrons. The predicted molar refractivity (Wildman–Crippen MR) is 98.4 cm³/mol. The second-order valence-electron chi connectivity index (χ2n) is 5.97. The molecule has 2 aromatic rings. The van der Waals surface area contributed by atoms with E-state index in [2.05, 4.69) is 0 Å². The quantitative estimate of drug-likeness (QED) is 0.715. The van der Waals surface area contributed by atoms with E-state index in [0.29, 0.717) is 17.1 Å². The number of halogens is 1. The lowest BCUT2D eigenvalue weighted by molar-refractivity contribution is 0.0690. The molecule has 2 rings (SSSR count). The van der Waals surface area contributed by atoms with Gasteiger partial charge in [0, 0.05) is 23.2 Å². The van der Waals surface area contributed by atoms with E-state index in [0.717, 1.165) is 11.8 Å². The van der Waals surface area contributed by atoms with Crippen LogP contribution in [0, 0.1) is 0 Å². The topological polar surface area (TPSA) is 63.7 Å². The molecule has 0 unspecified atom stereocenters.